The number of aryl methyl sites for hydroxylation is 1. The lowest BCUT2D eigenvalue weighted by Gasteiger charge is -2.17. The molecule has 25 heavy (non-hydrogen) atoms. The normalized spacial score (nSPS) is 12.1. The Bertz CT molecular complexity index is 707. The maximum atomic E-state index is 12.3. The molecule has 0 aliphatic heterocycles. The van der Waals surface area contributed by atoms with E-state index in [4.69, 9.17) is 9.47 Å². The average Bonchev–Trinajstić information content (AvgIpc) is 3.00. The zero-order valence-corrected chi connectivity index (χ0v) is 15.7. The van der Waals surface area contributed by atoms with Crippen molar-refractivity contribution in [3.8, 4) is 11.5 Å². The van der Waals surface area contributed by atoms with Crippen LogP contribution >= 0.6 is 0 Å². The van der Waals surface area contributed by atoms with Crippen LogP contribution in [-0.4, -0.2) is 24.2 Å². The molecule has 0 saturated heterocycles. The number of carbonyl (C=O) groups is 1. The molecule has 0 bridgehead atoms. The fraction of sp³-hybridized carbons (Fsp3) is 0.450. The van der Waals surface area contributed by atoms with Gasteiger partial charge in [-0.25, -0.2) is 0 Å². The predicted octanol–water partition coefficient (Wildman–Crippen LogP) is 3.95. The van der Waals surface area contributed by atoms with E-state index in [1.165, 1.54) is 0 Å². The highest BCUT2D eigenvalue weighted by Crippen LogP contribution is 2.30. The minimum atomic E-state index is -0.138. The number of rotatable bonds is 8. The van der Waals surface area contributed by atoms with E-state index in [-0.39, 0.29) is 11.9 Å². The van der Waals surface area contributed by atoms with Crippen molar-refractivity contribution in [3.05, 3.63) is 47.8 Å². The van der Waals surface area contributed by atoms with Crippen molar-refractivity contribution in [1.29, 1.82) is 0 Å². The Kier molecular flexibility index (Phi) is 6.51. The lowest BCUT2D eigenvalue weighted by molar-refractivity contribution is 0.0931. The second-order valence-corrected chi connectivity index (χ2v) is 6.64. The number of hydrogen-bond acceptors (Lipinski definition) is 3. The molecule has 1 heterocycles. The highest BCUT2D eigenvalue weighted by molar-refractivity contribution is 5.92. The van der Waals surface area contributed by atoms with E-state index in [2.05, 4.69) is 19.2 Å². The molecule has 1 unspecified atom stereocenters. The Morgan fingerprint density at radius 3 is 2.56 bits per heavy atom. The van der Waals surface area contributed by atoms with E-state index in [0.717, 1.165) is 17.7 Å². The monoisotopic (exact) mass is 344 g/mol. The van der Waals surface area contributed by atoms with Gasteiger partial charge in [-0.1, -0.05) is 19.9 Å². The molecule has 1 aromatic heterocycles. The van der Waals surface area contributed by atoms with Crippen LogP contribution in [0, 0.1) is 5.92 Å². The van der Waals surface area contributed by atoms with Crippen molar-refractivity contribution < 1.29 is 14.3 Å². The van der Waals surface area contributed by atoms with Crippen LogP contribution in [0.5, 0.6) is 11.5 Å². The summed E-state index contributed by atoms with van der Waals surface area (Å²) in [4.78, 5) is 12.3. The first-order chi connectivity index (χ1) is 11.9. The number of aromatic nitrogens is 1. The molecule has 1 atom stereocenters. The number of nitrogens with one attached hydrogen (secondary N) is 1. The van der Waals surface area contributed by atoms with Gasteiger partial charge in [-0.3, -0.25) is 4.79 Å². The summed E-state index contributed by atoms with van der Waals surface area (Å²) in [6.45, 7) is 6.95. The van der Waals surface area contributed by atoms with Gasteiger partial charge in [-0.15, -0.1) is 0 Å². The molecule has 0 radical (unpaired) electrons. The van der Waals surface area contributed by atoms with Crippen LogP contribution in [0.25, 0.3) is 0 Å². The number of nitrogens with zero attached hydrogens (tertiary/aromatic N) is 1. The SMILES string of the molecule is COc1cc(C(C)NC(=O)c2cccn2C)ccc1OCCC(C)C. The van der Waals surface area contributed by atoms with Crippen LogP contribution in [0.3, 0.4) is 0 Å². The van der Waals surface area contributed by atoms with E-state index in [9.17, 15) is 4.79 Å². The zero-order valence-electron chi connectivity index (χ0n) is 15.7. The molecule has 1 amide bonds. The summed E-state index contributed by atoms with van der Waals surface area (Å²) < 4.78 is 13.1. The Hall–Kier alpha value is -2.43. The fourth-order valence-corrected chi connectivity index (χ4v) is 2.53. The molecule has 1 aromatic carbocycles. The van der Waals surface area contributed by atoms with Crippen molar-refractivity contribution in [2.45, 2.75) is 33.2 Å². The lowest BCUT2D eigenvalue weighted by atomic mass is 10.1. The zero-order chi connectivity index (χ0) is 18.4. The van der Waals surface area contributed by atoms with Crippen molar-refractivity contribution in [3.63, 3.8) is 0 Å². The standard InChI is InChI=1S/C20H28N2O3/c1-14(2)10-12-25-18-9-8-16(13-19(18)24-5)15(3)21-20(23)17-7-6-11-22(17)4/h6-9,11,13-15H,10,12H2,1-5H3,(H,21,23). The van der Waals surface area contributed by atoms with Crippen LogP contribution in [-0.2, 0) is 7.05 Å². The summed E-state index contributed by atoms with van der Waals surface area (Å²) >= 11 is 0. The van der Waals surface area contributed by atoms with Crippen molar-refractivity contribution in [2.75, 3.05) is 13.7 Å². The summed E-state index contributed by atoms with van der Waals surface area (Å²) in [5.41, 5.74) is 1.60. The predicted molar refractivity (Wildman–Crippen MR) is 99.2 cm³/mol. The molecular formula is C20H28N2O3. The minimum absolute atomic E-state index is 0.101. The van der Waals surface area contributed by atoms with Crippen LogP contribution in [0.4, 0.5) is 0 Å². The molecule has 5 heteroatoms. The van der Waals surface area contributed by atoms with Gasteiger partial charge in [0.25, 0.3) is 5.91 Å². The smallest absolute Gasteiger partial charge is 0.268 e. The Morgan fingerprint density at radius 2 is 1.96 bits per heavy atom. The summed E-state index contributed by atoms with van der Waals surface area (Å²) in [5.74, 6) is 1.91. The van der Waals surface area contributed by atoms with Crippen molar-refractivity contribution in [2.24, 2.45) is 13.0 Å². The van der Waals surface area contributed by atoms with Gasteiger partial charge in [0, 0.05) is 13.2 Å². The van der Waals surface area contributed by atoms with Crippen LogP contribution in [0.15, 0.2) is 36.5 Å². The van der Waals surface area contributed by atoms with Gasteiger partial charge >= 0.3 is 0 Å². The second kappa shape index (κ2) is 8.60. The molecule has 0 spiro atoms. The molecule has 136 valence electrons. The number of methoxy groups -OCH3 is 1. The molecule has 0 fully saturated rings. The maximum Gasteiger partial charge on any atom is 0.268 e. The number of benzene rings is 1. The number of hydrogen-bond donors (Lipinski definition) is 1. The van der Waals surface area contributed by atoms with Gasteiger partial charge in [-0.05, 0) is 49.1 Å². The lowest BCUT2D eigenvalue weighted by Crippen LogP contribution is -2.28. The van der Waals surface area contributed by atoms with Gasteiger partial charge in [0.05, 0.1) is 19.8 Å². The Balaban J connectivity index is 2.05. The second-order valence-electron chi connectivity index (χ2n) is 6.64. The van der Waals surface area contributed by atoms with E-state index < -0.39 is 0 Å². The van der Waals surface area contributed by atoms with E-state index in [1.807, 2.05) is 44.4 Å². The average molecular weight is 344 g/mol. The summed E-state index contributed by atoms with van der Waals surface area (Å²) in [7, 11) is 3.48. The molecule has 0 saturated carbocycles. The van der Waals surface area contributed by atoms with Crippen LogP contribution in [0.1, 0.15) is 49.3 Å². The topological polar surface area (TPSA) is 52.5 Å². The molecule has 2 rings (SSSR count). The van der Waals surface area contributed by atoms with E-state index >= 15 is 0 Å². The van der Waals surface area contributed by atoms with Gasteiger partial charge in [0.1, 0.15) is 5.69 Å². The van der Waals surface area contributed by atoms with E-state index in [1.54, 1.807) is 17.7 Å². The van der Waals surface area contributed by atoms with Gasteiger partial charge in [0.2, 0.25) is 0 Å². The first-order valence-electron chi connectivity index (χ1n) is 8.65. The maximum absolute atomic E-state index is 12.3. The summed E-state index contributed by atoms with van der Waals surface area (Å²) in [5, 5.41) is 3.01. The molecule has 0 aliphatic rings. The quantitative estimate of drug-likeness (QED) is 0.789. The first kappa shape index (κ1) is 18.9. The third kappa shape index (κ3) is 5.02. The van der Waals surface area contributed by atoms with E-state index in [0.29, 0.717) is 24.0 Å². The van der Waals surface area contributed by atoms with Gasteiger partial charge in [0.15, 0.2) is 11.5 Å². The highest BCUT2D eigenvalue weighted by Gasteiger charge is 2.15. The number of ether oxygens (including phenoxy) is 2. The van der Waals surface area contributed by atoms with Crippen LogP contribution in [0.2, 0.25) is 0 Å². The fourth-order valence-electron chi connectivity index (χ4n) is 2.53. The summed E-state index contributed by atoms with van der Waals surface area (Å²) in [6, 6.07) is 9.30. The molecule has 1 N–H and O–H groups in total. The minimum Gasteiger partial charge on any atom is -0.493 e. The molecular weight excluding hydrogens is 316 g/mol. The largest absolute Gasteiger partial charge is 0.493 e. The van der Waals surface area contributed by atoms with Crippen molar-refractivity contribution >= 4 is 5.91 Å². The van der Waals surface area contributed by atoms with Gasteiger partial charge in [-0.2, -0.15) is 0 Å². The molecule has 2 aromatic rings. The highest BCUT2D eigenvalue weighted by atomic mass is 16.5. The molecule has 0 aliphatic carbocycles. The van der Waals surface area contributed by atoms with Gasteiger partial charge < -0.3 is 19.4 Å². The number of amides is 1. The summed E-state index contributed by atoms with van der Waals surface area (Å²) in [6.07, 6.45) is 2.85. The molecule has 5 nitrogen and oxygen atoms in total. The number of carbonyl (C=O) groups excluding carboxylic acids is 1. The first-order valence-corrected chi connectivity index (χ1v) is 8.65. The van der Waals surface area contributed by atoms with Crippen molar-refractivity contribution in [1.82, 2.24) is 9.88 Å². The van der Waals surface area contributed by atoms with Crippen LogP contribution < -0.4 is 14.8 Å². The third-order valence-electron chi connectivity index (χ3n) is 4.16. The third-order valence-corrected chi connectivity index (χ3v) is 4.16. The Morgan fingerprint density at radius 1 is 1.20 bits per heavy atom. The Labute approximate surface area is 149 Å².